The van der Waals surface area contributed by atoms with E-state index < -0.39 is 0 Å². The minimum Gasteiger partial charge on any atom is -0.507 e. The molecule has 0 aliphatic heterocycles. The molecule has 0 bridgehead atoms. The molecule has 2 unspecified atom stereocenters. The number of fused-ring (bicyclic) bond motifs is 1. The molecule has 2 atom stereocenters. The molecule has 288 valence electrons. The maximum absolute atomic E-state index is 11.7. The molecule has 0 spiro atoms. The van der Waals surface area contributed by atoms with Gasteiger partial charge in [0, 0.05) is 38.9 Å². The first kappa shape index (κ1) is 39.7. The maximum atomic E-state index is 11.7. The fraction of sp³-hybridized carbons (Fsp3) is 0.192. The molecule has 2 heterocycles. The quantitative estimate of drug-likeness (QED) is 0.155. The number of imidazole rings is 1. The van der Waals surface area contributed by atoms with Gasteiger partial charge in [0.15, 0.2) is 0 Å². The Bertz CT molecular complexity index is 2670. The Morgan fingerprint density at radius 1 is 0.649 bits per heavy atom. The van der Waals surface area contributed by atoms with Crippen molar-refractivity contribution in [2.24, 2.45) is 0 Å². The van der Waals surface area contributed by atoms with Crippen LogP contribution in [0.25, 0.3) is 55.9 Å². The minimum absolute atomic E-state index is 0. The van der Waals surface area contributed by atoms with Gasteiger partial charge in [-0.2, -0.15) is 0 Å². The second kappa shape index (κ2) is 16.1. The SMILES string of the molecule is Cc1cc(-c2cc(-c3ccc(C(C)c4ccccc4)cc3)ccn2)[c-]c(-c2cccc3c2nc(-c2cc(C(C)(C)C)cc(C)c2O)n3C(C)c2ccccc2)c1.[Pt]. The Hall–Kier alpha value is -5.57. The number of aromatic nitrogens is 3. The zero-order valence-electron chi connectivity index (χ0n) is 33.6. The third kappa shape index (κ3) is 7.89. The molecule has 4 nitrogen and oxygen atoms in total. The van der Waals surface area contributed by atoms with Crippen LogP contribution < -0.4 is 0 Å². The molecule has 0 saturated carbocycles. The van der Waals surface area contributed by atoms with Crippen LogP contribution in [0.15, 0.2) is 146 Å². The zero-order valence-corrected chi connectivity index (χ0v) is 35.9. The normalized spacial score (nSPS) is 12.6. The van der Waals surface area contributed by atoms with Crippen molar-refractivity contribution in [1.29, 1.82) is 0 Å². The molecule has 2 aromatic heterocycles. The summed E-state index contributed by atoms with van der Waals surface area (Å²) in [6.45, 7) is 15.2. The summed E-state index contributed by atoms with van der Waals surface area (Å²) >= 11 is 0. The van der Waals surface area contributed by atoms with Crippen molar-refractivity contribution < 1.29 is 26.2 Å². The van der Waals surface area contributed by atoms with Gasteiger partial charge in [0.25, 0.3) is 0 Å². The minimum atomic E-state index is -0.108. The third-order valence-corrected chi connectivity index (χ3v) is 11.2. The average molecular weight is 926 g/mol. The molecule has 8 aromatic rings. The summed E-state index contributed by atoms with van der Waals surface area (Å²) in [5, 5.41) is 11.7. The van der Waals surface area contributed by atoms with Gasteiger partial charge in [-0.25, -0.2) is 4.98 Å². The van der Waals surface area contributed by atoms with Crippen molar-refractivity contribution in [3.8, 4) is 50.6 Å². The second-order valence-electron chi connectivity index (χ2n) is 16.2. The van der Waals surface area contributed by atoms with Crippen molar-refractivity contribution in [1.82, 2.24) is 14.5 Å². The van der Waals surface area contributed by atoms with Gasteiger partial charge in [-0.1, -0.05) is 155 Å². The van der Waals surface area contributed by atoms with Crippen molar-refractivity contribution in [2.75, 3.05) is 0 Å². The average Bonchev–Trinajstić information content (AvgIpc) is 3.61. The number of hydrogen-bond acceptors (Lipinski definition) is 3. The first-order valence-electron chi connectivity index (χ1n) is 19.5. The summed E-state index contributed by atoms with van der Waals surface area (Å²) in [6.07, 6.45) is 1.89. The van der Waals surface area contributed by atoms with E-state index in [9.17, 15) is 5.11 Å². The van der Waals surface area contributed by atoms with Crippen molar-refractivity contribution in [3.05, 3.63) is 185 Å². The molecular formula is C52H48N3OPt-. The van der Waals surface area contributed by atoms with Crippen LogP contribution in [0.4, 0.5) is 0 Å². The number of nitrogens with zero attached hydrogens (tertiary/aromatic N) is 3. The van der Waals surface area contributed by atoms with Crippen LogP contribution in [-0.2, 0) is 26.5 Å². The molecule has 8 rings (SSSR count). The zero-order chi connectivity index (χ0) is 39.1. The molecule has 57 heavy (non-hydrogen) atoms. The van der Waals surface area contributed by atoms with E-state index in [1.807, 2.05) is 19.2 Å². The van der Waals surface area contributed by atoms with E-state index in [1.54, 1.807) is 0 Å². The number of para-hydroxylation sites is 1. The molecule has 0 amide bonds. The Balaban J connectivity index is 0.00000496. The maximum Gasteiger partial charge on any atom is 0.144 e. The van der Waals surface area contributed by atoms with Gasteiger partial charge in [-0.15, -0.1) is 29.3 Å². The molecular weight excluding hydrogens is 878 g/mol. The van der Waals surface area contributed by atoms with E-state index in [1.165, 1.54) is 11.1 Å². The van der Waals surface area contributed by atoms with Crippen LogP contribution in [-0.4, -0.2) is 19.6 Å². The molecule has 0 aliphatic rings. The Kier molecular flexibility index (Phi) is 11.2. The van der Waals surface area contributed by atoms with E-state index >= 15 is 0 Å². The van der Waals surface area contributed by atoms with E-state index in [0.717, 1.165) is 78.2 Å². The number of phenols is 1. The molecule has 1 N–H and O–H groups in total. The van der Waals surface area contributed by atoms with E-state index in [2.05, 4.69) is 186 Å². The third-order valence-electron chi connectivity index (χ3n) is 11.2. The number of phenolic OH excluding ortho intramolecular Hbond substituents is 1. The first-order chi connectivity index (χ1) is 27.0. The second-order valence-corrected chi connectivity index (χ2v) is 16.2. The Morgan fingerprint density at radius 2 is 1.30 bits per heavy atom. The van der Waals surface area contributed by atoms with Gasteiger partial charge in [0.1, 0.15) is 11.6 Å². The molecule has 0 aliphatic carbocycles. The van der Waals surface area contributed by atoms with Crippen molar-refractivity contribution in [3.63, 3.8) is 0 Å². The predicted octanol–water partition coefficient (Wildman–Crippen LogP) is 13.3. The van der Waals surface area contributed by atoms with Crippen LogP contribution in [0, 0.1) is 19.9 Å². The Morgan fingerprint density at radius 3 is 1.98 bits per heavy atom. The molecule has 5 heteroatoms. The van der Waals surface area contributed by atoms with Crippen molar-refractivity contribution in [2.45, 2.75) is 65.8 Å². The number of benzene rings is 6. The predicted molar refractivity (Wildman–Crippen MR) is 232 cm³/mol. The molecule has 0 radical (unpaired) electrons. The summed E-state index contributed by atoms with van der Waals surface area (Å²) in [5.74, 6) is 1.31. The Labute approximate surface area is 351 Å². The number of rotatable bonds is 8. The number of hydrogen-bond donors (Lipinski definition) is 1. The summed E-state index contributed by atoms with van der Waals surface area (Å²) in [6, 6.07) is 52.9. The monoisotopic (exact) mass is 925 g/mol. The van der Waals surface area contributed by atoms with Crippen LogP contribution in [0.2, 0.25) is 0 Å². The summed E-state index contributed by atoms with van der Waals surface area (Å²) in [5.41, 5.74) is 15.3. The molecule has 0 fully saturated rings. The van der Waals surface area contributed by atoms with E-state index in [4.69, 9.17) is 9.97 Å². The summed E-state index contributed by atoms with van der Waals surface area (Å²) in [4.78, 5) is 10.3. The van der Waals surface area contributed by atoms with Gasteiger partial charge in [0.05, 0.1) is 22.6 Å². The molecule has 0 saturated heterocycles. The van der Waals surface area contributed by atoms with Crippen molar-refractivity contribution >= 4 is 11.0 Å². The van der Waals surface area contributed by atoms with E-state index in [0.29, 0.717) is 5.92 Å². The number of aromatic hydroxyl groups is 1. The summed E-state index contributed by atoms with van der Waals surface area (Å²) < 4.78 is 2.28. The smallest absolute Gasteiger partial charge is 0.144 e. The number of pyridine rings is 1. The van der Waals surface area contributed by atoms with Crippen LogP contribution in [0.5, 0.6) is 5.75 Å². The van der Waals surface area contributed by atoms with Gasteiger partial charge < -0.3 is 9.67 Å². The van der Waals surface area contributed by atoms with Crippen LogP contribution in [0.1, 0.15) is 80.0 Å². The van der Waals surface area contributed by atoms with Crippen LogP contribution in [0.3, 0.4) is 0 Å². The fourth-order valence-electron chi connectivity index (χ4n) is 7.83. The summed E-state index contributed by atoms with van der Waals surface area (Å²) in [7, 11) is 0. The topological polar surface area (TPSA) is 50.9 Å². The van der Waals surface area contributed by atoms with Crippen LogP contribution >= 0.6 is 0 Å². The van der Waals surface area contributed by atoms with Gasteiger partial charge >= 0.3 is 0 Å². The first-order valence-corrected chi connectivity index (χ1v) is 19.5. The standard InChI is InChI=1S/C52H48N3O.Pt/c1-33-27-42(30-43(28-33)47-31-41(25-26-53-47)40-23-21-38(22-24-40)35(3)37-15-10-8-11-16-37)45-19-14-20-48-49(45)54-51(55(48)36(4)39-17-12-9-13-18-39)46-32-44(52(5,6)7)29-34(2)50(46)56;/h8-29,31-32,35-36,56H,1-7H3;/q-1;. The molecule has 6 aromatic carbocycles. The fourth-order valence-corrected chi connectivity index (χ4v) is 7.83. The number of aryl methyl sites for hydroxylation is 2. The van der Waals surface area contributed by atoms with Gasteiger partial charge in [-0.05, 0) is 76.4 Å². The van der Waals surface area contributed by atoms with Gasteiger partial charge in [0.2, 0.25) is 0 Å². The van der Waals surface area contributed by atoms with Gasteiger partial charge in [-0.3, -0.25) is 4.98 Å². The largest absolute Gasteiger partial charge is 0.507 e. The van der Waals surface area contributed by atoms with E-state index in [-0.39, 0.29) is 38.3 Å².